The Hall–Kier alpha value is 0.170. The molecule has 0 fully saturated rings. The SMILES string of the molecule is FC(F)(I)C(F)(F)C(F)(F)C(F)(F)S(F)(F)(F)(F)F. The molecule has 0 aliphatic rings. The molecule has 0 saturated heterocycles. The molecule has 0 aliphatic heterocycles. The highest BCUT2D eigenvalue weighted by atomic mass is 127. The zero-order chi connectivity index (χ0) is 16.4. The lowest BCUT2D eigenvalue weighted by Crippen LogP contribution is -2.63. The van der Waals surface area contributed by atoms with Crippen molar-refractivity contribution in [1.82, 2.24) is 0 Å². The van der Waals surface area contributed by atoms with Crippen molar-refractivity contribution >= 4 is 32.8 Å². The van der Waals surface area contributed by atoms with Crippen molar-refractivity contribution in [3.8, 4) is 0 Å². The van der Waals surface area contributed by atoms with Gasteiger partial charge < -0.3 is 0 Å². The van der Waals surface area contributed by atoms with Crippen molar-refractivity contribution in [2.45, 2.75) is 21.0 Å². The van der Waals surface area contributed by atoms with Gasteiger partial charge in [0.15, 0.2) is 0 Å². The zero-order valence-corrected chi connectivity index (χ0v) is 10.7. The Morgan fingerprint density at radius 3 is 1.00 bits per heavy atom. The van der Waals surface area contributed by atoms with E-state index in [4.69, 9.17) is 0 Å². The lowest BCUT2D eigenvalue weighted by atomic mass is 10.2. The molecule has 0 saturated carbocycles. The van der Waals surface area contributed by atoms with Crippen molar-refractivity contribution < 1.29 is 54.6 Å². The highest BCUT2D eigenvalue weighted by Gasteiger charge is 2.97. The first-order chi connectivity index (χ1) is 7.50. The molecular weight excluding hydrogens is 454 g/mol. The van der Waals surface area contributed by atoms with E-state index in [1.165, 1.54) is 0 Å². The van der Waals surface area contributed by atoms with E-state index in [0.717, 1.165) is 0 Å². The van der Waals surface area contributed by atoms with E-state index < -0.39 is 53.8 Å². The second-order valence-corrected chi connectivity index (χ2v) is 6.94. The zero-order valence-electron chi connectivity index (χ0n) is 7.70. The molecule has 0 radical (unpaired) electrons. The summed E-state index contributed by atoms with van der Waals surface area (Å²) in [5.74, 6) is -15.4. The van der Waals surface area contributed by atoms with Gasteiger partial charge in [-0.1, -0.05) is 19.4 Å². The molecule has 0 aromatic rings. The van der Waals surface area contributed by atoms with E-state index in [1.54, 1.807) is 0 Å². The molecule has 0 bridgehead atoms. The molecule has 120 valence electrons. The lowest BCUT2D eigenvalue weighted by Gasteiger charge is -2.49. The number of hydrogen-bond donors (Lipinski definition) is 0. The maximum atomic E-state index is 12.3. The monoisotopic (exact) mass is 454 g/mol. The van der Waals surface area contributed by atoms with Crippen LogP contribution in [0.25, 0.3) is 0 Å². The van der Waals surface area contributed by atoms with Gasteiger partial charge >= 0.3 is 31.3 Å². The van der Waals surface area contributed by atoms with Gasteiger partial charge in [-0.3, -0.25) is 0 Å². The van der Waals surface area contributed by atoms with Gasteiger partial charge in [-0.05, 0) is 0 Å². The summed E-state index contributed by atoms with van der Waals surface area (Å²) in [6.07, 6.45) is 0. The van der Waals surface area contributed by atoms with Crippen LogP contribution < -0.4 is 0 Å². The first-order valence-electron chi connectivity index (χ1n) is 3.43. The summed E-state index contributed by atoms with van der Waals surface area (Å²) < 4.78 is 149. The molecule has 19 heavy (non-hydrogen) atoms. The lowest BCUT2D eigenvalue weighted by molar-refractivity contribution is -0.325. The van der Waals surface area contributed by atoms with Gasteiger partial charge in [0, 0.05) is 22.6 Å². The maximum Gasteiger partial charge on any atom is 0.450 e. The smallest absolute Gasteiger partial charge is 0.191 e. The van der Waals surface area contributed by atoms with E-state index in [2.05, 4.69) is 0 Å². The Morgan fingerprint density at radius 2 is 0.842 bits per heavy atom. The summed E-state index contributed by atoms with van der Waals surface area (Å²) in [5.41, 5.74) is 0. The van der Waals surface area contributed by atoms with E-state index in [0.29, 0.717) is 0 Å². The normalized spacial score (nSPS) is 19.9. The third-order valence-electron chi connectivity index (χ3n) is 1.60. The molecule has 0 heterocycles. The molecule has 0 nitrogen and oxygen atoms in total. The molecule has 0 unspecified atom stereocenters. The predicted molar refractivity (Wildman–Crippen MR) is 46.9 cm³/mol. The van der Waals surface area contributed by atoms with E-state index >= 15 is 0 Å². The fraction of sp³-hybridized carbons (Fsp3) is 1.00. The van der Waals surface area contributed by atoms with Crippen LogP contribution in [0, 0.1) is 0 Å². The van der Waals surface area contributed by atoms with Crippen LogP contribution in [-0.4, -0.2) is 21.0 Å². The standard InChI is InChI=1S/C4F13IS/c5-1(6,3(9,10)18)2(7,8)4(11,12)19(13,14,15,16)17. The third kappa shape index (κ3) is 2.67. The second-order valence-electron chi connectivity index (χ2n) is 3.13. The maximum absolute atomic E-state index is 12.5. The van der Waals surface area contributed by atoms with Crippen LogP contribution in [-0.2, 0) is 0 Å². The first-order valence-corrected chi connectivity index (χ1v) is 6.46. The Kier molecular flexibility index (Phi) is 3.52. The minimum atomic E-state index is -12.5. The van der Waals surface area contributed by atoms with Crippen molar-refractivity contribution in [2.75, 3.05) is 0 Å². The van der Waals surface area contributed by atoms with Crippen molar-refractivity contribution in [2.24, 2.45) is 0 Å². The van der Waals surface area contributed by atoms with Crippen molar-refractivity contribution in [3.05, 3.63) is 0 Å². The summed E-state index contributed by atoms with van der Waals surface area (Å²) >= 11 is -0.873. The number of hydrogen-bond acceptors (Lipinski definition) is 0. The molecule has 15 heteroatoms. The number of alkyl halides is 9. The van der Waals surface area contributed by atoms with Crippen LogP contribution in [0.2, 0.25) is 0 Å². The Labute approximate surface area is 109 Å². The average Bonchev–Trinajstić information content (AvgIpc) is 1.95. The fourth-order valence-corrected chi connectivity index (χ4v) is 1.55. The largest absolute Gasteiger partial charge is 0.450 e. The number of halogens is 14. The van der Waals surface area contributed by atoms with Crippen LogP contribution in [0.15, 0.2) is 0 Å². The molecule has 0 N–H and O–H groups in total. The van der Waals surface area contributed by atoms with Gasteiger partial charge in [0.1, 0.15) is 0 Å². The summed E-state index contributed by atoms with van der Waals surface area (Å²) in [4.78, 5) is 0. The van der Waals surface area contributed by atoms with Gasteiger partial charge in [-0.25, -0.2) is 0 Å². The molecule has 0 aliphatic carbocycles. The van der Waals surface area contributed by atoms with Gasteiger partial charge in [0.25, 0.3) is 0 Å². The van der Waals surface area contributed by atoms with Crippen LogP contribution in [0.3, 0.4) is 0 Å². The molecule has 0 rings (SSSR count). The summed E-state index contributed by atoms with van der Waals surface area (Å²) in [7, 11) is -12.5. The number of rotatable bonds is 4. The van der Waals surface area contributed by atoms with Crippen LogP contribution >= 0.6 is 32.8 Å². The van der Waals surface area contributed by atoms with E-state index in [-0.39, 0.29) is 0 Å². The van der Waals surface area contributed by atoms with Crippen LogP contribution in [0.5, 0.6) is 0 Å². The molecular formula is C4F13IS. The van der Waals surface area contributed by atoms with Crippen molar-refractivity contribution in [1.29, 1.82) is 0 Å². The minimum Gasteiger partial charge on any atom is -0.191 e. The molecule has 0 aromatic heterocycles. The van der Waals surface area contributed by atoms with Crippen molar-refractivity contribution in [3.63, 3.8) is 0 Å². The topological polar surface area (TPSA) is 0 Å². The molecule has 0 amide bonds. The molecule has 0 aromatic carbocycles. The van der Waals surface area contributed by atoms with Crippen LogP contribution in [0.1, 0.15) is 0 Å². The fourth-order valence-electron chi connectivity index (χ4n) is 0.603. The first kappa shape index (κ1) is 19.2. The summed E-state index contributed by atoms with van der Waals surface area (Å²) in [6, 6.07) is 0. The Morgan fingerprint density at radius 1 is 0.579 bits per heavy atom. The predicted octanol–water partition coefficient (Wildman–Crippen LogP) is 6.18. The summed E-state index contributed by atoms with van der Waals surface area (Å²) in [5, 5.41) is -8.63. The molecule has 0 atom stereocenters. The van der Waals surface area contributed by atoms with Gasteiger partial charge in [-0.15, -0.1) is 0 Å². The third-order valence-corrected chi connectivity index (χ3v) is 3.50. The highest BCUT2D eigenvalue weighted by molar-refractivity contribution is 14.1. The van der Waals surface area contributed by atoms with Gasteiger partial charge in [-0.2, -0.15) is 35.1 Å². The van der Waals surface area contributed by atoms with E-state index in [9.17, 15) is 54.6 Å². The Balaban J connectivity index is 6.26. The van der Waals surface area contributed by atoms with Gasteiger partial charge in [0.2, 0.25) is 0 Å². The van der Waals surface area contributed by atoms with Gasteiger partial charge in [0.05, 0.1) is 0 Å². The summed E-state index contributed by atoms with van der Waals surface area (Å²) in [6.45, 7) is 0. The highest BCUT2D eigenvalue weighted by Crippen LogP contribution is 3.06. The average molecular weight is 454 g/mol. The second kappa shape index (κ2) is 3.49. The van der Waals surface area contributed by atoms with Crippen LogP contribution in [0.4, 0.5) is 54.6 Å². The van der Waals surface area contributed by atoms with E-state index in [1.807, 2.05) is 0 Å². The Bertz CT molecular complexity index is 371. The minimum absolute atomic E-state index is 0.873. The molecule has 0 spiro atoms. The quantitative estimate of drug-likeness (QED) is 0.271.